The number of ether oxygens (including phenoxy) is 9. The molecule has 1 aliphatic heterocycles. The van der Waals surface area contributed by atoms with Gasteiger partial charge in [-0.1, -0.05) is 30.3 Å². The second-order valence-corrected chi connectivity index (χ2v) is 9.24. The Morgan fingerprint density at radius 2 is 1.41 bits per heavy atom. The van der Waals surface area contributed by atoms with Crippen molar-refractivity contribution < 1.29 is 66.6 Å². The molecule has 0 spiro atoms. The molecule has 1 fully saturated rings. The number of benzene rings is 1. The first-order valence-corrected chi connectivity index (χ1v) is 13.8. The molecule has 0 saturated carbocycles. The molecule has 15 heteroatoms. The fourth-order valence-corrected chi connectivity index (χ4v) is 3.77. The molecule has 44 heavy (non-hydrogen) atoms. The smallest absolute Gasteiger partial charge is 0.332 e. The molecule has 2 rings (SSSR count). The maximum Gasteiger partial charge on any atom is 0.332 e. The highest BCUT2D eigenvalue weighted by molar-refractivity contribution is 5.74. The minimum absolute atomic E-state index is 0.0270. The summed E-state index contributed by atoms with van der Waals surface area (Å²) in [4.78, 5) is 58.7. The molecule has 1 amide bonds. The molecular formula is C29H39NO14. The predicted octanol–water partition coefficient (Wildman–Crippen LogP) is 0.925. The van der Waals surface area contributed by atoms with E-state index in [0.717, 1.165) is 32.6 Å². The summed E-state index contributed by atoms with van der Waals surface area (Å²) in [6.45, 7) is 5.58. The largest absolute Gasteiger partial charge is 0.459 e. The Morgan fingerprint density at radius 1 is 0.795 bits per heavy atom. The zero-order valence-corrected chi connectivity index (χ0v) is 25.1. The monoisotopic (exact) mass is 625 g/mol. The topological polar surface area (TPSA) is 180 Å². The highest BCUT2D eigenvalue weighted by Gasteiger charge is 2.49. The van der Waals surface area contributed by atoms with Crippen LogP contribution in [0.4, 0.5) is 0 Å². The summed E-state index contributed by atoms with van der Waals surface area (Å²) in [6, 6.07) is 8.20. The SMILES string of the molecule is CC(=O)N[C@H]1[C@H](OCCOCCOCCOCC(=O)OCc2ccccc2)O/C(=C\OC(C)=O)[C@H](OC(C)=O)[C@@H]1OC(C)=O. The van der Waals surface area contributed by atoms with Gasteiger partial charge in [0, 0.05) is 27.7 Å². The van der Waals surface area contributed by atoms with E-state index in [1.54, 1.807) is 0 Å². The van der Waals surface area contributed by atoms with Gasteiger partial charge in [-0.25, -0.2) is 4.79 Å². The van der Waals surface area contributed by atoms with Gasteiger partial charge in [0.25, 0.3) is 0 Å². The van der Waals surface area contributed by atoms with Crippen LogP contribution in [-0.4, -0.2) is 101 Å². The van der Waals surface area contributed by atoms with E-state index >= 15 is 0 Å². The molecule has 0 aliphatic carbocycles. The predicted molar refractivity (Wildman–Crippen MR) is 148 cm³/mol. The van der Waals surface area contributed by atoms with Gasteiger partial charge in [0.05, 0.1) is 39.6 Å². The van der Waals surface area contributed by atoms with E-state index in [9.17, 15) is 24.0 Å². The van der Waals surface area contributed by atoms with Crippen LogP contribution >= 0.6 is 0 Å². The van der Waals surface area contributed by atoms with Gasteiger partial charge >= 0.3 is 23.9 Å². The van der Waals surface area contributed by atoms with Crippen LogP contribution in [-0.2, 0) is 73.2 Å². The minimum Gasteiger partial charge on any atom is -0.459 e. The molecule has 1 N–H and O–H groups in total. The van der Waals surface area contributed by atoms with Crippen LogP contribution in [0, 0.1) is 0 Å². The number of esters is 4. The number of nitrogens with one attached hydrogen (secondary N) is 1. The maximum absolute atomic E-state index is 11.9. The molecule has 0 radical (unpaired) electrons. The molecule has 1 aliphatic rings. The average Bonchev–Trinajstić information content (AvgIpc) is 2.96. The quantitative estimate of drug-likeness (QED) is 0.105. The summed E-state index contributed by atoms with van der Waals surface area (Å²) in [5.74, 6) is -3.30. The standard InChI is InChI=1S/C29H39NO14/c1-19(31)30-26-28(43-22(4)34)27(42-21(3)33)24(17-40-20(2)32)44-29(26)39-15-14-37-11-10-36-12-13-38-18-25(35)41-16-23-8-6-5-7-9-23/h5-9,17,26-29H,10-16,18H2,1-4H3,(H,30,31)/b24-17-/t26-,27+,28-,29-/m1/s1. The molecule has 1 aromatic rings. The second-order valence-electron chi connectivity index (χ2n) is 9.24. The number of carbonyl (C=O) groups excluding carboxylic acids is 5. The lowest BCUT2D eigenvalue weighted by Crippen LogP contribution is -2.62. The summed E-state index contributed by atoms with van der Waals surface area (Å²) < 4.78 is 48.3. The van der Waals surface area contributed by atoms with E-state index in [-0.39, 0.29) is 58.6 Å². The molecule has 0 unspecified atom stereocenters. The van der Waals surface area contributed by atoms with Crippen molar-refractivity contribution in [2.45, 2.75) is 58.8 Å². The van der Waals surface area contributed by atoms with Crippen LogP contribution in [0.3, 0.4) is 0 Å². The number of hydrogen-bond donors (Lipinski definition) is 1. The third-order valence-electron chi connectivity index (χ3n) is 5.50. The number of hydrogen-bond acceptors (Lipinski definition) is 14. The lowest BCUT2D eigenvalue weighted by atomic mass is 9.99. The molecule has 244 valence electrons. The second kappa shape index (κ2) is 20.0. The number of amides is 1. The van der Waals surface area contributed by atoms with Crippen molar-refractivity contribution in [1.82, 2.24) is 5.32 Å². The van der Waals surface area contributed by atoms with Gasteiger partial charge in [-0.05, 0) is 5.56 Å². The highest BCUT2D eigenvalue weighted by atomic mass is 16.7. The van der Waals surface area contributed by atoms with E-state index in [1.165, 1.54) is 6.92 Å². The summed E-state index contributed by atoms with van der Waals surface area (Å²) in [5, 5.41) is 2.59. The van der Waals surface area contributed by atoms with Gasteiger partial charge in [-0.3, -0.25) is 19.2 Å². The summed E-state index contributed by atoms with van der Waals surface area (Å²) >= 11 is 0. The van der Waals surface area contributed by atoms with Crippen molar-refractivity contribution in [3.05, 3.63) is 47.9 Å². The Bertz CT molecular complexity index is 1110. The van der Waals surface area contributed by atoms with E-state index in [2.05, 4.69) is 5.32 Å². The first kappa shape index (κ1) is 36.1. The van der Waals surface area contributed by atoms with Crippen molar-refractivity contribution in [3.63, 3.8) is 0 Å². The number of carbonyl (C=O) groups is 5. The Balaban J connectivity index is 1.76. The Hall–Kier alpha value is -4.05. The first-order chi connectivity index (χ1) is 21.1. The van der Waals surface area contributed by atoms with Crippen molar-refractivity contribution >= 4 is 29.8 Å². The Labute approximate surface area is 255 Å². The lowest BCUT2D eigenvalue weighted by molar-refractivity contribution is -0.224. The van der Waals surface area contributed by atoms with Crippen LogP contribution in [0.5, 0.6) is 0 Å². The van der Waals surface area contributed by atoms with E-state index in [1.807, 2.05) is 30.3 Å². The average molecular weight is 626 g/mol. The van der Waals surface area contributed by atoms with Crippen LogP contribution in [0.15, 0.2) is 42.4 Å². The third-order valence-corrected chi connectivity index (χ3v) is 5.50. The van der Waals surface area contributed by atoms with Crippen molar-refractivity contribution in [2.75, 3.05) is 46.2 Å². The van der Waals surface area contributed by atoms with Crippen molar-refractivity contribution in [1.29, 1.82) is 0 Å². The van der Waals surface area contributed by atoms with Gasteiger partial charge in [0.15, 0.2) is 11.9 Å². The fraction of sp³-hybridized carbons (Fsp3) is 0.552. The molecule has 4 atom stereocenters. The summed E-state index contributed by atoms with van der Waals surface area (Å²) in [7, 11) is 0. The van der Waals surface area contributed by atoms with Crippen molar-refractivity contribution in [2.24, 2.45) is 0 Å². The Morgan fingerprint density at radius 3 is 2.00 bits per heavy atom. The first-order valence-electron chi connectivity index (χ1n) is 13.8. The van der Waals surface area contributed by atoms with Gasteiger partial charge < -0.3 is 47.9 Å². The molecule has 0 aromatic heterocycles. The zero-order chi connectivity index (χ0) is 32.3. The van der Waals surface area contributed by atoms with E-state index in [4.69, 9.17) is 42.6 Å². The fourth-order valence-electron chi connectivity index (χ4n) is 3.77. The van der Waals surface area contributed by atoms with E-state index in [0.29, 0.717) is 0 Å². The van der Waals surface area contributed by atoms with Gasteiger partial charge in [0.2, 0.25) is 18.3 Å². The van der Waals surface area contributed by atoms with Crippen LogP contribution < -0.4 is 5.32 Å². The normalized spacial score (nSPS) is 20.2. The summed E-state index contributed by atoms with van der Waals surface area (Å²) in [5.41, 5.74) is 0.883. The van der Waals surface area contributed by atoms with Crippen LogP contribution in [0.25, 0.3) is 0 Å². The highest BCUT2D eigenvalue weighted by Crippen LogP contribution is 2.30. The molecule has 1 aromatic carbocycles. The van der Waals surface area contributed by atoms with Gasteiger partial charge in [-0.2, -0.15) is 0 Å². The van der Waals surface area contributed by atoms with Gasteiger partial charge in [0.1, 0.15) is 25.5 Å². The summed E-state index contributed by atoms with van der Waals surface area (Å²) in [6.07, 6.45) is -2.95. The Kier molecular flexibility index (Phi) is 16.4. The number of rotatable bonds is 18. The molecule has 1 heterocycles. The van der Waals surface area contributed by atoms with Crippen LogP contribution in [0.2, 0.25) is 0 Å². The minimum atomic E-state index is -1.34. The van der Waals surface area contributed by atoms with Crippen molar-refractivity contribution in [3.8, 4) is 0 Å². The van der Waals surface area contributed by atoms with Gasteiger partial charge in [-0.15, -0.1) is 0 Å². The molecule has 1 saturated heterocycles. The molecule has 0 bridgehead atoms. The van der Waals surface area contributed by atoms with E-state index < -0.39 is 54.3 Å². The molecule has 15 nitrogen and oxygen atoms in total. The zero-order valence-electron chi connectivity index (χ0n) is 25.1. The lowest BCUT2D eigenvalue weighted by Gasteiger charge is -2.42. The van der Waals surface area contributed by atoms with Crippen LogP contribution in [0.1, 0.15) is 33.3 Å². The molecular weight excluding hydrogens is 586 g/mol. The third kappa shape index (κ3) is 14.4. The maximum atomic E-state index is 11.9.